The van der Waals surface area contributed by atoms with Crippen LogP contribution in [0, 0.1) is 0 Å². The molecule has 0 atom stereocenters. The summed E-state index contributed by atoms with van der Waals surface area (Å²) in [6, 6.07) is 23.6. The Kier molecular flexibility index (Phi) is 6.47. The lowest BCUT2D eigenvalue weighted by Gasteiger charge is -2.42. The first kappa shape index (κ1) is 23.4. The molecule has 34 heavy (non-hydrogen) atoms. The number of rotatable bonds is 6. The van der Waals surface area contributed by atoms with Gasteiger partial charge in [-0.2, -0.15) is 0 Å². The first-order valence-corrected chi connectivity index (χ1v) is 14.0. The SMILES string of the molecule is CS(=O)(=O)C(=C1CN(C(c2ccc(Cl)cc2)c2ccc(Cl)cc2)C1)c1ccc(N2CCC2)cc1. The Morgan fingerprint density at radius 3 is 1.71 bits per heavy atom. The fourth-order valence-corrected chi connectivity index (χ4v) is 6.22. The number of likely N-dealkylation sites (tertiary alicyclic amines) is 1. The minimum absolute atomic E-state index is 0.0205. The number of benzene rings is 3. The summed E-state index contributed by atoms with van der Waals surface area (Å²) in [5, 5.41) is 1.37. The molecule has 2 saturated heterocycles. The van der Waals surface area contributed by atoms with Gasteiger partial charge < -0.3 is 4.90 Å². The molecule has 2 aliphatic rings. The third-order valence-electron chi connectivity index (χ3n) is 6.57. The van der Waals surface area contributed by atoms with E-state index >= 15 is 0 Å². The van der Waals surface area contributed by atoms with Gasteiger partial charge in [-0.3, -0.25) is 4.90 Å². The quantitative estimate of drug-likeness (QED) is 0.402. The van der Waals surface area contributed by atoms with Crippen molar-refractivity contribution in [2.24, 2.45) is 0 Å². The van der Waals surface area contributed by atoms with Crippen LogP contribution >= 0.6 is 23.2 Å². The van der Waals surface area contributed by atoms with Crippen LogP contribution in [0.25, 0.3) is 4.91 Å². The third-order valence-corrected chi connectivity index (χ3v) is 8.34. The molecule has 3 aromatic carbocycles. The highest BCUT2D eigenvalue weighted by molar-refractivity contribution is 8.00. The number of sulfone groups is 1. The van der Waals surface area contributed by atoms with E-state index in [-0.39, 0.29) is 6.04 Å². The van der Waals surface area contributed by atoms with Crippen molar-refractivity contribution in [1.29, 1.82) is 0 Å². The third kappa shape index (κ3) is 4.76. The zero-order valence-electron chi connectivity index (χ0n) is 18.9. The number of hydrogen-bond donors (Lipinski definition) is 0. The van der Waals surface area contributed by atoms with Crippen LogP contribution in [0.4, 0.5) is 5.69 Å². The molecule has 5 rings (SSSR count). The first-order valence-electron chi connectivity index (χ1n) is 11.3. The predicted molar refractivity (Wildman–Crippen MR) is 141 cm³/mol. The Morgan fingerprint density at radius 2 is 1.29 bits per heavy atom. The molecule has 2 fully saturated rings. The lowest BCUT2D eigenvalue weighted by molar-refractivity contribution is 0.203. The van der Waals surface area contributed by atoms with Crippen LogP contribution in [-0.4, -0.2) is 45.8 Å². The minimum atomic E-state index is -3.39. The van der Waals surface area contributed by atoms with Gasteiger partial charge in [-0.05, 0) is 65.1 Å². The fraction of sp³-hybridized carbons (Fsp3) is 0.259. The summed E-state index contributed by atoms with van der Waals surface area (Å²) in [5.41, 5.74) is 5.05. The van der Waals surface area contributed by atoms with Crippen LogP contribution in [0.15, 0.2) is 78.4 Å². The molecular formula is C27H26Cl2N2O2S. The molecule has 7 heteroatoms. The zero-order valence-corrected chi connectivity index (χ0v) is 21.2. The first-order chi connectivity index (χ1) is 16.3. The summed E-state index contributed by atoms with van der Waals surface area (Å²) in [4.78, 5) is 5.02. The maximum absolute atomic E-state index is 12.8. The lowest BCUT2D eigenvalue weighted by Crippen LogP contribution is -2.44. The number of halogens is 2. The van der Waals surface area contributed by atoms with Crippen molar-refractivity contribution in [2.75, 3.05) is 37.3 Å². The van der Waals surface area contributed by atoms with Crippen molar-refractivity contribution >= 4 is 43.6 Å². The molecule has 2 heterocycles. The smallest absolute Gasteiger partial charge is 0.176 e. The highest BCUT2D eigenvalue weighted by atomic mass is 35.5. The summed E-state index contributed by atoms with van der Waals surface area (Å²) >= 11 is 12.3. The van der Waals surface area contributed by atoms with E-state index in [1.165, 1.54) is 12.7 Å². The van der Waals surface area contributed by atoms with Crippen molar-refractivity contribution < 1.29 is 8.42 Å². The van der Waals surface area contributed by atoms with E-state index < -0.39 is 9.84 Å². The molecule has 4 nitrogen and oxygen atoms in total. The average Bonchev–Trinajstić information content (AvgIpc) is 2.73. The molecule has 0 saturated carbocycles. The molecule has 0 bridgehead atoms. The van der Waals surface area contributed by atoms with Crippen molar-refractivity contribution in [3.63, 3.8) is 0 Å². The summed E-state index contributed by atoms with van der Waals surface area (Å²) in [6.45, 7) is 3.27. The van der Waals surface area contributed by atoms with Gasteiger partial charge in [-0.25, -0.2) is 8.42 Å². The maximum atomic E-state index is 12.8. The predicted octanol–water partition coefficient (Wildman–Crippen LogP) is 6.06. The van der Waals surface area contributed by atoms with E-state index in [9.17, 15) is 8.42 Å². The van der Waals surface area contributed by atoms with Gasteiger partial charge >= 0.3 is 0 Å². The molecule has 0 aromatic heterocycles. The molecule has 0 N–H and O–H groups in total. The molecule has 0 radical (unpaired) electrons. The summed E-state index contributed by atoms with van der Waals surface area (Å²) in [6.07, 6.45) is 2.51. The Hall–Kier alpha value is -2.31. The normalized spacial score (nSPS) is 16.4. The van der Waals surface area contributed by atoms with Crippen LogP contribution in [0.3, 0.4) is 0 Å². The van der Waals surface area contributed by atoms with Gasteiger partial charge in [0, 0.05) is 48.2 Å². The van der Waals surface area contributed by atoms with Gasteiger partial charge in [0.15, 0.2) is 9.84 Å². The highest BCUT2D eigenvalue weighted by Gasteiger charge is 2.34. The van der Waals surface area contributed by atoms with Gasteiger partial charge in [-0.15, -0.1) is 0 Å². The van der Waals surface area contributed by atoms with Crippen LogP contribution in [-0.2, 0) is 9.84 Å². The average molecular weight is 513 g/mol. The molecule has 0 spiro atoms. The summed E-state index contributed by atoms with van der Waals surface area (Å²) in [5.74, 6) is 0. The highest BCUT2D eigenvalue weighted by Crippen LogP contribution is 2.39. The van der Waals surface area contributed by atoms with E-state index in [1.54, 1.807) is 0 Å². The van der Waals surface area contributed by atoms with Gasteiger partial charge in [-0.1, -0.05) is 59.6 Å². The maximum Gasteiger partial charge on any atom is 0.176 e. The van der Waals surface area contributed by atoms with Crippen LogP contribution in [0.2, 0.25) is 10.0 Å². The zero-order chi connectivity index (χ0) is 23.9. The van der Waals surface area contributed by atoms with Crippen molar-refractivity contribution in [1.82, 2.24) is 4.90 Å². The van der Waals surface area contributed by atoms with Crippen molar-refractivity contribution in [3.05, 3.63) is 105 Å². The standard InChI is InChI=1S/C27H26Cl2N2O2S/c1-34(32,33)27(21-7-13-25(14-8-21)30-15-2-16-30)22-17-31(18-22)26(19-3-9-23(28)10-4-19)20-5-11-24(29)12-6-20/h3-14,26H,2,15-18H2,1H3. The van der Waals surface area contributed by atoms with Crippen LogP contribution in [0.1, 0.15) is 29.2 Å². The fourth-order valence-electron chi connectivity index (χ4n) is 4.75. The second-order valence-electron chi connectivity index (χ2n) is 9.00. The minimum Gasteiger partial charge on any atom is -0.371 e. The number of nitrogens with zero attached hydrogens (tertiary/aromatic N) is 2. The van der Waals surface area contributed by atoms with Crippen LogP contribution < -0.4 is 4.90 Å². The molecule has 3 aromatic rings. The lowest BCUT2D eigenvalue weighted by atomic mass is 9.92. The monoisotopic (exact) mass is 512 g/mol. The van der Waals surface area contributed by atoms with E-state index in [2.05, 4.69) is 9.80 Å². The molecular weight excluding hydrogens is 487 g/mol. The van der Waals surface area contributed by atoms with Gasteiger partial charge in [0.1, 0.15) is 0 Å². The van der Waals surface area contributed by atoms with Gasteiger partial charge in [0.05, 0.1) is 10.9 Å². The Morgan fingerprint density at radius 1 is 0.794 bits per heavy atom. The van der Waals surface area contributed by atoms with Crippen molar-refractivity contribution in [3.8, 4) is 0 Å². The van der Waals surface area contributed by atoms with Gasteiger partial charge in [0.2, 0.25) is 0 Å². The molecule has 2 aliphatic heterocycles. The molecule has 0 aliphatic carbocycles. The van der Waals surface area contributed by atoms with E-state index in [0.29, 0.717) is 28.0 Å². The van der Waals surface area contributed by atoms with E-state index in [1.807, 2.05) is 72.8 Å². The topological polar surface area (TPSA) is 40.6 Å². The summed E-state index contributed by atoms with van der Waals surface area (Å²) < 4.78 is 25.7. The Labute approximate surface area is 211 Å². The molecule has 0 amide bonds. The number of hydrogen-bond acceptors (Lipinski definition) is 4. The second-order valence-corrected chi connectivity index (χ2v) is 11.8. The molecule has 0 unspecified atom stereocenters. The van der Waals surface area contributed by atoms with Gasteiger partial charge in [0.25, 0.3) is 0 Å². The van der Waals surface area contributed by atoms with Crippen LogP contribution in [0.5, 0.6) is 0 Å². The second kappa shape index (κ2) is 9.38. The Bertz CT molecular complexity index is 1260. The largest absolute Gasteiger partial charge is 0.371 e. The Balaban J connectivity index is 1.46. The van der Waals surface area contributed by atoms with E-state index in [0.717, 1.165) is 41.0 Å². The summed E-state index contributed by atoms with van der Waals surface area (Å²) in [7, 11) is -3.39. The van der Waals surface area contributed by atoms with E-state index in [4.69, 9.17) is 23.2 Å². The molecule has 176 valence electrons. The number of anilines is 1. The van der Waals surface area contributed by atoms with Crippen molar-refractivity contribution in [2.45, 2.75) is 12.5 Å².